The highest BCUT2D eigenvalue weighted by molar-refractivity contribution is 6.05. The molecule has 0 saturated heterocycles. The van der Waals surface area contributed by atoms with Crippen LogP contribution in [0, 0.1) is 6.92 Å². The zero-order valence-corrected chi connectivity index (χ0v) is 15.5. The number of hydrogen-bond acceptors (Lipinski definition) is 6. The first-order valence-corrected chi connectivity index (χ1v) is 8.65. The van der Waals surface area contributed by atoms with Gasteiger partial charge in [-0.05, 0) is 46.8 Å². The fourth-order valence-corrected chi connectivity index (χ4v) is 2.58. The predicted molar refractivity (Wildman–Crippen MR) is 97.7 cm³/mol. The highest BCUT2D eigenvalue weighted by Crippen LogP contribution is 2.25. The van der Waals surface area contributed by atoms with Crippen LogP contribution in [0.25, 0.3) is 0 Å². The van der Waals surface area contributed by atoms with Crippen LogP contribution in [-0.4, -0.2) is 53.7 Å². The van der Waals surface area contributed by atoms with E-state index >= 15 is 0 Å². The second-order valence-corrected chi connectivity index (χ2v) is 7.27. The molecule has 1 atom stereocenters. The highest BCUT2D eigenvalue weighted by atomic mass is 16.6. The van der Waals surface area contributed by atoms with Crippen molar-refractivity contribution in [2.75, 3.05) is 31.1 Å². The summed E-state index contributed by atoms with van der Waals surface area (Å²) in [5, 5.41) is 17.5. The lowest BCUT2D eigenvalue weighted by Gasteiger charge is -2.29. The maximum atomic E-state index is 9.98. The Balaban J connectivity index is 1.98. The Hall–Kier alpha value is -1.66. The SMILES string of the molecule is CCN1CC/C(=N\OCC(O)CNC(C)(C)C)c2ccc(C)nc21. The van der Waals surface area contributed by atoms with Crippen molar-refractivity contribution in [3.63, 3.8) is 0 Å². The Bertz CT molecular complexity index is 581. The van der Waals surface area contributed by atoms with Crippen molar-refractivity contribution < 1.29 is 9.94 Å². The van der Waals surface area contributed by atoms with Crippen LogP contribution in [0.3, 0.4) is 0 Å². The van der Waals surface area contributed by atoms with E-state index in [-0.39, 0.29) is 12.1 Å². The standard InChI is InChI=1S/C18H30N4O2/c1-6-22-10-9-16(15-8-7-13(2)20-17(15)22)21-24-12-14(23)11-19-18(3,4)5/h7-8,14,19,23H,6,9-12H2,1-5H3/b21-16+. The summed E-state index contributed by atoms with van der Waals surface area (Å²) in [6.07, 6.45) is 0.238. The number of anilines is 1. The molecule has 6 heteroatoms. The van der Waals surface area contributed by atoms with Gasteiger partial charge in [0.15, 0.2) is 0 Å². The average Bonchev–Trinajstić information content (AvgIpc) is 2.52. The fourth-order valence-electron chi connectivity index (χ4n) is 2.58. The summed E-state index contributed by atoms with van der Waals surface area (Å²) in [4.78, 5) is 12.3. The van der Waals surface area contributed by atoms with Gasteiger partial charge < -0.3 is 20.2 Å². The molecular weight excluding hydrogens is 304 g/mol. The second kappa shape index (κ2) is 7.94. The molecule has 1 aliphatic heterocycles. The smallest absolute Gasteiger partial charge is 0.144 e. The molecule has 0 fully saturated rings. The number of aromatic nitrogens is 1. The van der Waals surface area contributed by atoms with E-state index < -0.39 is 6.10 Å². The van der Waals surface area contributed by atoms with Crippen LogP contribution >= 0.6 is 0 Å². The molecular formula is C18H30N4O2. The van der Waals surface area contributed by atoms with Gasteiger partial charge in [-0.15, -0.1) is 0 Å². The number of nitrogens with zero attached hydrogens (tertiary/aromatic N) is 3. The van der Waals surface area contributed by atoms with E-state index in [4.69, 9.17) is 4.84 Å². The zero-order valence-electron chi connectivity index (χ0n) is 15.5. The van der Waals surface area contributed by atoms with Gasteiger partial charge in [0.05, 0.1) is 5.71 Å². The van der Waals surface area contributed by atoms with Crippen molar-refractivity contribution in [3.8, 4) is 0 Å². The summed E-state index contributed by atoms with van der Waals surface area (Å²) in [6, 6.07) is 4.05. The lowest BCUT2D eigenvalue weighted by atomic mass is 10.0. The van der Waals surface area contributed by atoms with Crippen LogP contribution in [0.15, 0.2) is 17.3 Å². The van der Waals surface area contributed by atoms with Crippen LogP contribution in [-0.2, 0) is 4.84 Å². The van der Waals surface area contributed by atoms with Crippen molar-refractivity contribution in [1.29, 1.82) is 0 Å². The van der Waals surface area contributed by atoms with Gasteiger partial charge in [-0.3, -0.25) is 0 Å². The van der Waals surface area contributed by atoms with Crippen molar-refractivity contribution >= 4 is 11.5 Å². The molecule has 134 valence electrons. The Morgan fingerprint density at radius 2 is 2.17 bits per heavy atom. The maximum Gasteiger partial charge on any atom is 0.144 e. The quantitative estimate of drug-likeness (QED) is 0.780. The van der Waals surface area contributed by atoms with Gasteiger partial charge in [0.2, 0.25) is 0 Å². The van der Waals surface area contributed by atoms with Crippen molar-refractivity contribution in [3.05, 3.63) is 23.4 Å². The molecule has 24 heavy (non-hydrogen) atoms. The molecule has 0 aromatic carbocycles. The van der Waals surface area contributed by atoms with Gasteiger partial charge in [-0.25, -0.2) is 4.98 Å². The lowest BCUT2D eigenvalue weighted by molar-refractivity contribution is 0.0371. The number of aliphatic hydroxyl groups is 1. The molecule has 1 unspecified atom stereocenters. The Morgan fingerprint density at radius 3 is 2.83 bits per heavy atom. The Kier molecular flexibility index (Phi) is 6.18. The van der Waals surface area contributed by atoms with E-state index in [2.05, 4.69) is 54.1 Å². The molecule has 0 radical (unpaired) electrons. The number of hydrogen-bond donors (Lipinski definition) is 2. The van der Waals surface area contributed by atoms with Crippen molar-refractivity contribution in [2.45, 2.75) is 52.7 Å². The fraction of sp³-hybridized carbons (Fsp3) is 0.667. The van der Waals surface area contributed by atoms with E-state index in [1.54, 1.807) is 0 Å². The topological polar surface area (TPSA) is 70.0 Å². The number of aliphatic hydroxyl groups excluding tert-OH is 1. The number of fused-ring (bicyclic) bond motifs is 1. The monoisotopic (exact) mass is 334 g/mol. The van der Waals surface area contributed by atoms with Crippen molar-refractivity contribution in [1.82, 2.24) is 10.3 Å². The normalized spacial score (nSPS) is 17.8. The minimum absolute atomic E-state index is 0.0255. The van der Waals surface area contributed by atoms with Crippen LogP contribution in [0.5, 0.6) is 0 Å². The molecule has 2 heterocycles. The molecule has 1 aromatic rings. The van der Waals surface area contributed by atoms with Gasteiger partial charge in [-0.1, -0.05) is 5.16 Å². The predicted octanol–water partition coefficient (Wildman–Crippen LogP) is 2.09. The first-order valence-electron chi connectivity index (χ1n) is 8.65. The summed E-state index contributed by atoms with van der Waals surface area (Å²) in [6.45, 7) is 12.8. The van der Waals surface area contributed by atoms with Gasteiger partial charge in [0.1, 0.15) is 18.5 Å². The van der Waals surface area contributed by atoms with Crippen molar-refractivity contribution in [2.24, 2.45) is 5.16 Å². The molecule has 0 aliphatic carbocycles. The molecule has 0 bridgehead atoms. The number of aryl methyl sites for hydroxylation is 1. The summed E-state index contributed by atoms with van der Waals surface area (Å²) in [5.74, 6) is 0.973. The van der Waals surface area contributed by atoms with Gasteiger partial charge in [-0.2, -0.15) is 0 Å². The third kappa shape index (κ3) is 5.18. The molecule has 1 aliphatic rings. The molecule has 1 aromatic heterocycles. The van der Waals surface area contributed by atoms with Gasteiger partial charge in [0, 0.05) is 42.9 Å². The second-order valence-electron chi connectivity index (χ2n) is 7.27. The van der Waals surface area contributed by atoms with Crippen LogP contribution < -0.4 is 10.2 Å². The summed E-state index contributed by atoms with van der Waals surface area (Å²) >= 11 is 0. The molecule has 0 spiro atoms. The van der Waals surface area contributed by atoms with E-state index in [0.717, 1.165) is 42.3 Å². The molecule has 2 rings (SSSR count). The van der Waals surface area contributed by atoms with E-state index in [9.17, 15) is 5.11 Å². The van der Waals surface area contributed by atoms with Gasteiger partial charge >= 0.3 is 0 Å². The summed E-state index contributed by atoms with van der Waals surface area (Å²) in [7, 11) is 0. The summed E-state index contributed by atoms with van der Waals surface area (Å²) < 4.78 is 0. The first kappa shape index (κ1) is 18.7. The molecule has 0 amide bonds. The Morgan fingerprint density at radius 1 is 1.42 bits per heavy atom. The minimum atomic E-state index is -0.583. The average molecular weight is 334 g/mol. The minimum Gasteiger partial charge on any atom is -0.393 e. The number of β-amino-alcohol motifs (C(OH)–C–C–N with tert-alkyl or cyclic N) is 1. The zero-order chi connectivity index (χ0) is 17.7. The molecule has 0 saturated carbocycles. The first-order chi connectivity index (χ1) is 11.3. The van der Waals surface area contributed by atoms with Crippen LogP contribution in [0.2, 0.25) is 0 Å². The maximum absolute atomic E-state index is 9.98. The molecule has 6 nitrogen and oxygen atoms in total. The lowest BCUT2D eigenvalue weighted by Crippen LogP contribution is -2.42. The van der Waals surface area contributed by atoms with Crippen LogP contribution in [0.4, 0.5) is 5.82 Å². The summed E-state index contributed by atoms with van der Waals surface area (Å²) in [5.41, 5.74) is 2.90. The van der Waals surface area contributed by atoms with E-state index in [1.165, 1.54) is 0 Å². The number of pyridine rings is 1. The third-order valence-electron chi connectivity index (χ3n) is 3.93. The van der Waals surface area contributed by atoms with E-state index in [0.29, 0.717) is 6.54 Å². The highest BCUT2D eigenvalue weighted by Gasteiger charge is 2.23. The third-order valence-corrected chi connectivity index (χ3v) is 3.93. The Labute approximate surface area is 144 Å². The van der Waals surface area contributed by atoms with E-state index in [1.807, 2.05) is 13.0 Å². The number of oxime groups is 1. The van der Waals surface area contributed by atoms with Crippen LogP contribution in [0.1, 0.15) is 45.4 Å². The molecule has 2 N–H and O–H groups in total. The number of nitrogens with one attached hydrogen (secondary N) is 1. The number of rotatable bonds is 6. The largest absolute Gasteiger partial charge is 0.393 e. The van der Waals surface area contributed by atoms with Gasteiger partial charge in [0.25, 0.3) is 0 Å².